The second-order valence-electron chi connectivity index (χ2n) is 7.21. The van der Waals surface area contributed by atoms with Crippen LogP contribution in [0.2, 0.25) is 0 Å². The molecule has 1 aliphatic rings. The Balaban J connectivity index is 1.54. The lowest BCUT2D eigenvalue weighted by Crippen LogP contribution is -2.39. The first-order valence-electron chi connectivity index (χ1n) is 9.80. The van der Waals surface area contributed by atoms with E-state index in [0.29, 0.717) is 25.1 Å². The Labute approximate surface area is 177 Å². The van der Waals surface area contributed by atoms with E-state index in [1.54, 1.807) is 31.4 Å². The molecule has 0 radical (unpaired) electrons. The number of benzene rings is 2. The highest BCUT2D eigenvalue weighted by Crippen LogP contribution is 2.29. The van der Waals surface area contributed by atoms with E-state index in [1.165, 1.54) is 21.6 Å². The Bertz CT molecular complexity index is 924. The number of carbonyl (C=O) groups is 1. The molecule has 1 atom stereocenters. The molecule has 0 bridgehead atoms. The number of rotatable bonds is 8. The Kier molecular flexibility index (Phi) is 7.38. The van der Waals surface area contributed by atoms with Gasteiger partial charge in [0.25, 0.3) is 0 Å². The lowest BCUT2D eigenvalue weighted by atomic mass is 10.1. The zero-order valence-electron chi connectivity index (χ0n) is 16.8. The van der Waals surface area contributed by atoms with Gasteiger partial charge in [-0.3, -0.25) is 4.79 Å². The van der Waals surface area contributed by atoms with Crippen molar-refractivity contribution < 1.29 is 17.9 Å². The summed E-state index contributed by atoms with van der Waals surface area (Å²) >= 11 is 1.25. The summed E-state index contributed by atoms with van der Waals surface area (Å²) in [7, 11) is -2.00. The van der Waals surface area contributed by atoms with Crippen LogP contribution in [0.15, 0.2) is 53.4 Å². The van der Waals surface area contributed by atoms with Gasteiger partial charge in [0.15, 0.2) is 0 Å². The normalized spacial score (nSPS) is 17.4. The monoisotopic (exact) mass is 433 g/mol. The van der Waals surface area contributed by atoms with E-state index >= 15 is 0 Å². The quantitative estimate of drug-likeness (QED) is 0.588. The third-order valence-corrected chi connectivity index (χ3v) is 8.09. The van der Waals surface area contributed by atoms with E-state index in [2.05, 4.69) is 0 Å². The lowest BCUT2D eigenvalue weighted by molar-refractivity contribution is -0.113. The molecule has 2 aromatic carbocycles. The molecule has 156 valence electrons. The molecule has 5 nitrogen and oxygen atoms in total. The van der Waals surface area contributed by atoms with Crippen LogP contribution in [0.5, 0.6) is 5.75 Å². The van der Waals surface area contributed by atoms with Crippen molar-refractivity contribution in [3.05, 3.63) is 59.7 Å². The van der Waals surface area contributed by atoms with Crippen molar-refractivity contribution in [3.63, 3.8) is 0 Å². The minimum atomic E-state index is -3.64. The van der Waals surface area contributed by atoms with E-state index in [0.717, 1.165) is 24.2 Å². The first-order valence-corrected chi connectivity index (χ1v) is 12.2. The van der Waals surface area contributed by atoms with E-state index in [4.69, 9.17) is 4.74 Å². The number of thioether (sulfide) groups is 1. The van der Waals surface area contributed by atoms with Crippen molar-refractivity contribution in [2.75, 3.05) is 19.4 Å². The van der Waals surface area contributed by atoms with Crippen LogP contribution in [0.25, 0.3) is 0 Å². The molecule has 7 heteroatoms. The Morgan fingerprint density at radius 2 is 1.83 bits per heavy atom. The molecule has 1 saturated heterocycles. The average molecular weight is 434 g/mol. The van der Waals surface area contributed by atoms with Crippen LogP contribution in [-0.2, 0) is 21.2 Å². The van der Waals surface area contributed by atoms with Gasteiger partial charge in [-0.1, -0.05) is 41.6 Å². The number of hydrogen-bond donors (Lipinski definition) is 0. The summed E-state index contributed by atoms with van der Waals surface area (Å²) in [6.45, 7) is 2.32. The van der Waals surface area contributed by atoms with Crippen molar-refractivity contribution in [2.24, 2.45) is 0 Å². The molecule has 0 saturated carbocycles. The summed E-state index contributed by atoms with van der Waals surface area (Å²) in [4.78, 5) is 13.0. The molecular weight excluding hydrogens is 406 g/mol. The standard InChI is InChI=1S/C22H27NO4S2/c1-17-7-13-20(14-8-17)29(25,26)23-15-3-6-21(23)22(24)28-16-4-5-18-9-11-19(27-2)12-10-18/h7-14,21H,3-6,15-16H2,1-2H3/t21-/m0/s1. The molecule has 0 N–H and O–H groups in total. The number of nitrogens with zero attached hydrogens (tertiary/aromatic N) is 1. The smallest absolute Gasteiger partial charge is 0.243 e. The minimum Gasteiger partial charge on any atom is -0.497 e. The molecular formula is C22H27NO4S2. The number of aryl methyl sites for hydroxylation is 2. The molecule has 0 amide bonds. The van der Waals surface area contributed by atoms with E-state index < -0.39 is 16.1 Å². The predicted molar refractivity (Wildman–Crippen MR) is 117 cm³/mol. The van der Waals surface area contributed by atoms with Crippen molar-refractivity contribution in [2.45, 2.75) is 43.5 Å². The van der Waals surface area contributed by atoms with Gasteiger partial charge in [-0.25, -0.2) is 8.42 Å². The molecule has 0 spiro atoms. The summed E-state index contributed by atoms with van der Waals surface area (Å²) < 4.78 is 32.5. The van der Waals surface area contributed by atoms with Crippen LogP contribution in [0.1, 0.15) is 30.4 Å². The zero-order valence-corrected chi connectivity index (χ0v) is 18.5. The van der Waals surface area contributed by atoms with Crippen LogP contribution in [0.3, 0.4) is 0 Å². The van der Waals surface area contributed by atoms with Crippen LogP contribution >= 0.6 is 11.8 Å². The van der Waals surface area contributed by atoms with Crippen molar-refractivity contribution in [1.82, 2.24) is 4.31 Å². The maximum absolute atomic E-state index is 13.0. The second kappa shape index (κ2) is 9.78. The molecule has 1 heterocycles. The van der Waals surface area contributed by atoms with Gasteiger partial charge in [0.2, 0.25) is 15.1 Å². The molecule has 2 aromatic rings. The van der Waals surface area contributed by atoms with Gasteiger partial charge in [-0.05, 0) is 62.4 Å². The summed E-state index contributed by atoms with van der Waals surface area (Å²) in [5.74, 6) is 1.51. The fraction of sp³-hybridized carbons (Fsp3) is 0.409. The van der Waals surface area contributed by atoms with E-state index in [1.807, 2.05) is 31.2 Å². The van der Waals surface area contributed by atoms with Crippen LogP contribution < -0.4 is 4.74 Å². The molecule has 1 aliphatic heterocycles. The number of carbonyl (C=O) groups excluding carboxylic acids is 1. The van der Waals surface area contributed by atoms with Gasteiger partial charge in [-0.2, -0.15) is 4.31 Å². The maximum atomic E-state index is 13.0. The number of sulfonamides is 1. The van der Waals surface area contributed by atoms with Crippen LogP contribution in [-0.4, -0.2) is 43.3 Å². The van der Waals surface area contributed by atoms with Crippen molar-refractivity contribution in [3.8, 4) is 5.75 Å². The molecule has 0 aliphatic carbocycles. The average Bonchev–Trinajstić information content (AvgIpc) is 3.23. The third kappa shape index (κ3) is 5.41. The lowest BCUT2D eigenvalue weighted by Gasteiger charge is -2.22. The summed E-state index contributed by atoms with van der Waals surface area (Å²) in [5.41, 5.74) is 2.20. The van der Waals surface area contributed by atoms with Gasteiger partial charge in [-0.15, -0.1) is 0 Å². The Morgan fingerprint density at radius 3 is 2.48 bits per heavy atom. The summed E-state index contributed by atoms with van der Waals surface area (Å²) in [6, 6.07) is 14.2. The summed E-state index contributed by atoms with van der Waals surface area (Å²) in [6.07, 6.45) is 3.05. The van der Waals surface area contributed by atoms with Crippen molar-refractivity contribution in [1.29, 1.82) is 0 Å². The molecule has 1 fully saturated rings. The molecule has 0 aromatic heterocycles. The van der Waals surface area contributed by atoms with Gasteiger partial charge >= 0.3 is 0 Å². The van der Waals surface area contributed by atoms with Gasteiger partial charge < -0.3 is 4.74 Å². The molecule has 0 unspecified atom stereocenters. The van der Waals surface area contributed by atoms with Crippen LogP contribution in [0, 0.1) is 6.92 Å². The van der Waals surface area contributed by atoms with Crippen LogP contribution in [0.4, 0.5) is 0 Å². The Hall–Kier alpha value is -1.83. The third-order valence-electron chi connectivity index (χ3n) is 5.12. The van der Waals surface area contributed by atoms with Gasteiger partial charge in [0, 0.05) is 12.3 Å². The van der Waals surface area contributed by atoms with E-state index in [9.17, 15) is 13.2 Å². The SMILES string of the molecule is COc1ccc(CCCSC(=O)[C@@H]2CCCN2S(=O)(=O)c2ccc(C)cc2)cc1. The fourth-order valence-corrected chi connectivity index (χ4v) is 6.10. The maximum Gasteiger partial charge on any atom is 0.243 e. The fourth-order valence-electron chi connectivity index (χ4n) is 3.45. The molecule has 29 heavy (non-hydrogen) atoms. The van der Waals surface area contributed by atoms with E-state index in [-0.39, 0.29) is 10.0 Å². The predicted octanol–water partition coefficient (Wildman–Crippen LogP) is 4.05. The summed E-state index contributed by atoms with van der Waals surface area (Å²) in [5, 5.41) is -0.0482. The van der Waals surface area contributed by atoms with Gasteiger partial charge in [0.05, 0.1) is 18.0 Å². The van der Waals surface area contributed by atoms with Crippen molar-refractivity contribution >= 4 is 26.9 Å². The highest BCUT2D eigenvalue weighted by molar-refractivity contribution is 8.13. The Morgan fingerprint density at radius 1 is 1.14 bits per heavy atom. The number of methoxy groups -OCH3 is 1. The zero-order chi connectivity index (χ0) is 20.9. The highest BCUT2D eigenvalue weighted by atomic mass is 32.2. The first-order chi connectivity index (χ1) is 13.9. The highest BCUT2D eigenvalue weighted by Gasteiger charge is 2.39. The second-order valence-corrected chi connectivity index (χ2v) is 10.2. The minimum absolute atomic E-state index is 0.0482. The number of ether oxygens (including phenoxy) is 1. The van der Waals surface area contributed by atoms with Gasteiger partial charge in [0.1, 0.15) is 5.75 Å². The topological polar surface area (TPSA) is 63.7 Å². The first kappa shape index (κ1) is 21.9. The largest absolute Gasteiger partial charge is 0.497 e. The number of hydrogen-bond acceptors (Lipinski definition) is 5. The molecule has 3 rings (SSSR count).